The fourth-order valence-corrected chi connectivity index (χ4v) is 3.41. The van der Waals surface area contributed by atoms with Gasteiger partial charge in [-0.2, -0.15) is 0 Å². The topological polar surface area (TPSA) is 44.7 Å². The third-order valence-corrected chi connectivity index (χ3v) is 4.59. The van der Waals surface area contributed by atoms with E-state index in [9.17, 15) is 5.11 Å². The van der Waals surface area contributed by atoms with Gasteiger partial charge < -0.3 is 20.1 Å². The van der Waals surface area contributed by atoms with Crippen molar-refractivity contribution < 1.29 is 9.84 Å². The van der Waals surface area contributed by atoms with Gasteiger partial charge in [-0.15, -0.1) is 0 Å². The van der Waals surface area contributed by atoms with Gasteiger partial charge in [0, 0.05) is 19.7 Å². The maximum atomic E-state index is 9.73. The van der Waals surface area contributed by atoms with Gasteiger partial charge in [0.15, 0.2) is 0 Å². The lowest BCUT2D eigenvalue weighted by atomic mass is 10.0. The molecule has 0 aromatic heterocycles. The fourth-order valence-electron chi connectivity index (χ4n) is 3.41. The standard InChI is InChI=1S/C15H30N2O2/c1-19-12-15(18)11-17-8-6-14(7-9-17)16-10-13-4-2-3-5-13/h13-16,18H,2-12H2,1H3. The predicted octanol–water partition coefficient (Wildman–Crippen LogP) is 1.24. The van der Waals surface area contributed by atoms with Crippen LogP contribution < -0.4 is 5.32 Å². The van der Waals surface area contributed by atoms with Crippen molar-refractivity contribution in [2.45, 2.75) is 50.7 Å². The first-order valence-corrected chi connectivity index (χ1v) is 7.90. The molecule has 1 aliphatic carbocycles. The van der Waals surface area contributed by atoms with Gasteiger partial charge in [-0.3, -0.25) is 0 Å². The van der Waals surface area contributed by atoms with Crippen LogP contribution in [0.4, 0.5) is 0 Å². The normalized spacial score (nSPS) is 24.9. The van der Waals surface area contributed by atoms with Crippen molar-refractivity contribution in [2.24, 2.45) is 5.92 Å². The first-order valence-electron chi connectivity index (χ1n) is 7.90. The molecule has 0 aromatic carbocycles. The molecule has 2 N–H and O–H groups in total. The quantitative estimate of drug-likeness (QED) is 0.730. The Morgan fingerprint density at radius 2 is 1.89 bits per heavy atom. The van der Waals surface area contributed by atoms with Crippen molar-refractivity contribution in [3.63, 3.8) is 0 Å². The maximum Gasteiger partial charge on any atom is 0.0900 e. The van der Waals surface area contributed by atoms with Gasteiger partial charge in [0.1, 0.15) is 0 Å². The summed E-state index contributed by atoms with van der Waals surface area (Å²) in [6, 6.07) is 0.691. The summed E-state index contributed by atoms with van der Waals surface area (Å²) in [5.74, 6) is 0.932. The molecule has 1 atom stereocenters. The molecule has 2 rings (SSSR count). The lowest BCUT2D eigenvalue weighted by Crippen LogP contribution is -2.46. The first kappa shape index (κ1) is 15.2. The van der Waals surface area contributed by atoms with Gasteiger partial charge in [0.25, 0.3) is 0 Å². The zero-order chi connectivity index (χ0) is 13.5. The van der Waals surface area contributed by atoms with Crippen LogP contribution in [0.3, 0.4) is 0 Å². The summed E-state index contributed by atoms with van der Waals surface area (Å²) >= 11 is 0. The third-order valence-electron chi connectivity index (χ3n) is 4.59. The summed E-state index contributed by atoms with van der Waals surface area (Å²) in [6.07, 6.45) is 7.81. The highest BCUT2D eigenvalue weighted by Crippen LogP contribution is 2.24. The fraction of sp³-hybridized carbons (Fsp3) is 1.00. The molecule has 1 unspecified atom stereocenters. The number of hydrogen-bond donors (Lipinski definition) is 2. The van der Waals surface area contributed by atoms with E-state index in [1.807, 2.05) is 0 Å². The molecule has 19 heavy (non-hydrogen) atoms. The Labute approximate surface area is 117 Å². The molecular formula is C15H30N2O2. The molecule has 2 aliphatic rings. The Morgan fingerprint density at radius 3 is 2.53 bits per heavy atom. The summed E-state index contributed by atoms with van der Waals surface area (Å²) in [6.45, 7) is 4.62. The summed E-state index contributed by atoms with van der Waals surface area (Å²) in [5.41, 5.74) is 0. The molecule has 112 valence electrons. The van der Waals surface area contributed by atoms with Crippen molar-refractivity contribution in [3.05, 3.63) is 0 Å². The van der Waals surface area contributed by atoms with Crippen molar-refractivity contribution in [2.75, 3.05) is 39.9 Å². The second-order valence-electron chi connectivity index (χ2n) is 6.24. The first-order chi connectivity index (χ1) is 9.28. The number of piperidine rings is 1. The molecule has 2 fully saturated rings. The van der Waals surface area contributed by atoms with Crippen molar-refractivity contribution >= 4 is 0 Å². The Morgan fingerprint density at radius 1 is 1.21 bits per heavy atom. The number of aliphatic hydroxyl groups is 1. The van der Waals surface area contributed by atoms with E-state index in [4.69, 9.17) is 4.74 Å². The van der Waals surface area contributed by atoms with Crippen LogP contribution in [0.5, 0.6) is 0 Å². The number of likely N-dealkylation sites (tertiary alicyclic amines) is 1. The molecule has 1 saturated carbocycles. The van der Waals surface area contributed by atoms with E-state index in [0.717, 1.165) is 25.6 Å². The third kappa shape index (κ3) is 5.38. The van der Waals surface area contributed by atoms with Crippen LogP contribution in [-0.2, 0) is 4.74 Å². The summed E-state index contributed by atoms with van der Waals surface area (Å²) < 4.78 is 4.97. The van der Waals surface area contributed by atoms with Crippen molar-refractivity contribution in [3.8, 4) is 0 Å². The highest BCUT2D eigenvalue weighted by molar-refractivity contribution is 4.80. The maximum absolute atomic E-state index is 9.73. The van der Waals surface area contributed by atoms with E-state index in [1.54, 1.807) is 7.11 Å². The van der Waals surface area contributed by atoms with Crippen LogP contribution in [0.1, 0.15) is 38.5 Å². The second kappa shape index (κ2) is 8.20. The highest BCUT2D eigenvalue weighted by Gasteiger charge is 2.22. The molecule has 1 aliphatic heterocycles. The molecule has 1 heterocycles. The van der Waals surface area contributed by atoms with Crippen molar-refractivity contribution in [1.82, 2.24) is 10.2 Å². The minimum Gasteiger partial charge on any atom is -0.389 e. The number of nitrogens with zero attached hydrogens (tertiary/aromatic N) is 1. The molecule has 4 nitrogen and oxygen atoms in total. The van der Waals surface area contributed by atoms with Crippen LogP contribution >= 0.6 is 0 Å². The molecular weight excluding hydrogens is 240 g/mol. The lowest BCUT2D eigenvalue weighted by molar-refractivity contribution is 0.0310. The Bertz CT molecular complexity index is 236. The van der Waals surface area contributed by atoms with Gasteiger partial charge >= 0.3 is 0 Å². The van der Waals surface area contributed by atoms with E-state index in [0.29, 0.717) is 12.6 Å². The Kier molecular flexibility index (Phi) is 6.57. The van der Waals surface area contributed by atoms with Gasteiger partial charge in [-0.1, -0.05) is 12.8 Å². The Hall–Kier alpha value is -0.160. The van der Waals surface area contributed by atoms with E-state index in [2.05, 4.69) is 10.2 Å². The molecule has 0 aromatic rings. The number of rotatable bonds is 7. The number of nitrogens with one attached hydrogen (secondary N) is 1. The Balaban J connectivity index is 1.56. The van der Waals surface area contributed by atoms with E-state index in [-0.39, 0.29) is 6.10 Å². The molecule has 1 saturated heterocycles. The number of hydrogen-bond acceptors (Lipinski definition) is 4. The predicted molar refractivity (Wildman–Crippen MR) is 77.3 cm³/mol. The monoisotopic (exact) mass is 270 g/mol. The van der Waals surface area contributed by atoms with E-state index in [1.165, 1.54) is 45.1 Å². The number of β-amino-alcohol motifs (C(OH)–C–C–N with tert-alkyl or cyclic N) is 1. The molecule has 0 spiro atoms. The van der Waals surface area contributed by atoms with E-state index >= 15 is 0 Å². The second-order valence-corrected chi connectivity index (χ2v) is 6.24. The van der Waals surface area contributed by atoms with Gasteiger partial charge in [0.05, 0.1) is 12.7 Å². The van der Waals surface area contributed by atoms with Gasteiger partial charge in [0.2, 0.25) is 0 Å². The average Bonchev–Trinajstić information content (AvgIpc) is 2.91. The summed E-state index contributed by atoms with van der Waals surface area (Å²) in [4.78, 5) is 2.36. The number of methoxy groups -OCH3 is 1. The smallest absolute Gasteiger partial charge is 0.0900 e. The number of ether oxygens (including phenoxy) is 1. The van der Waals surface area contributed by atoms with Gasteiger partial charge in [-0.25, -0.2) is 0 Å². The highest BCUT2D eigenvalue weighted by atomic mass is 16.5. The molecule has 4 heteroatoms. The minimum absolute atomic E-state index is 0.340. The van der Waals surface area contributed by atoms with Crippen molar-refractivity contribution in [1.29, 1.82) is 0 Å². The van der Waals surface area contributed by atoms with Crippen LogP contribution in [0.2, 0.25) is 0 Å². The largest absolute Gasteiger partial charge is 0.389 e. The van der Waals surface area contributed by atoms with Crippen LogP contribution in [-0.4, -0.2) is 62.0 Å². The lowest BCUT2D eigenvalue weighted by Gasteiger charge is -2.34. The van der Waals surface area contributed by atoms with E-state index < -0.39 is 0 Å². The van der Waals surface area contributed by atoms with Gasteiger partial charge in [-0.05, 0) is 51.2 Å². The summed E-state index contributed by atoms with van der Waals surface area (Å²) in [7, 11) is 1.64. The molecule has 0 amide bonds. The molecule has 0 radical (unpaired) electrons. The van der Waals surface area contributed by atoms with Crippen LogP contribution in [0.25, 0.3) is 0 Å². The zero-order valence-electron chi connectivity index (χ0n) is 12.3. The SMILES string of the molecule is COCC(O)CN1CCC(NCC2CCCC2)CC1. The van der Waals surface area contributed by atoms with Crippen LogP contribution in [0.15, 0.2) is 0 Å². The average molecular weight is 270 g/mol. The minimum atomic E-state index is -0.340. The zero-order valence-corrected chi connectivity index (χ0v) is 12.3. The number of aliphatic hydroxyl groups excluding tert-OH is 1. The summed E-state index contributed by atoms with van der Waals surface area (Å²) in [5, 5.41) is 13.5. The molecule has 0 bridgehead atoms. The van der Waals surface area contributed by atoms with Crippen LogP contribution in [0, 0.1) is 5.92 Å².